The van der Waals surface area contributed by atoms with Crippen molar-refractivity contribution >= 4 is 33.2 Å². The minimum atomic E-state index is 0.0181. The van der Waals surface area contributed by atoms with Gasteiger partial charge in [-0.2, -0.15) is 0 Å². The fourth-order valence-electron chi connectivity index (χ4n) is 6.36. The molecule has 0 N–H and O–H groups in total. The monoisotopic (exact) mass is 612 g/mol. The third-order valence-electron chi connectivity index (χ3n) is 8.91. The smallest absolute Gasteiger partial charge is 0.137 e. The first-order chi connectivity index (χ1) is 22.9. The summed E-state index contributed by atoms with van der Waals surface area (Å²) in [6, 6.07) is 46.7. The quantitative estimate of drug-likeness (QED) is 0.187. The first-order valence-electron chi connectivity index (χ1n) is 16.1. The lowest BCUT2D eigenvalue weighted by Gasteiger charge is -2.22. The van der Waals surface area contributed by atoms with Gasteiger partial charge in [-0.3, -0.25) is 4.57 Å². The van der Waals surface area contributed by atoms with Crippen LogP contribution in [0.15, 0.2) is 152 Å². The maximum absolute atomic E-state index is 6.52. The molecular weight excluding hydrogens is 576 g/mol. The van der Waals surface area contributed by atoms with Crippen molar-refractivity contribution in [2.24, 2.45) is 0 Å². The van der Waals surface area contributed by atoms with Gasteiger partial charge in [0.25, 0.3) is 0 Å². The number of aromatic nitrogens is 2. The molecule has 2 aromatic heterocycles. The van der Waals surface area contributed by atoms with Crippen LogP contribution in [0.2, 0.25) is 0 Å². The molecular formula is C42H36N4O. The molecule has 0 amide bonds. The second-order valence-electron chi connectivity index (χ2n) is 13.1. The van der Waals surface area contributed by atoms with Gasteiger partial charge in [0, 0.05) is 52.9 Å². The van der Waals surface area contributed by atoms with E-state index in [0.717, 1.165) is 46.4 Å². The van der Waals surface area contributed by atoms with Crippen LogP contribution in [-0.2, 0) is 5.41 Å². The van der Waals surface area contributed by atoms with Crippen molar-refractivity contribution in [3.63, 3.8) is 0 Å². The highest BCUT2D eigenvalue weighted by Crippen LogP contribution is 2.36. The Morgan fingerprint density at radius 3 is 2.09 bits per heavy atom. The predicted molar refractivity (Wildman–Crippen MR) is 195 cm³/mol. The molecule has 0 radical (unpaired) electrons. The fourth-order valence-corrected chi connectivity index (χ4v) is 6.36. The van der Waals surface area contributed by atoms with Crippen molar-refractivity contribution in [1.29, 1.82) is 0 Å². The van der Waals surface area contributed by atoms with Crippen LogP contribution in [0.25, 0.3) is 38.8 Å². The van der Waals surface area contributed by atoms with Crippen LogP contribution in [0, 0.1) is 0 Å². The van der Waals surface area contributed by atoms with Gasteiger partial charge in [-0.25, -0.2) is 4.98 Å². The van der Waals surface area contributed by atoms with E-state index >= 15 is 0 Å². The highest BCUT2D eigenvalue weighted by Gasteiger charge is 2.19. The Labute approximate surface area is 275 Å². The molecule has 0 unspecified atom stereocenters. The molecule has 47 heavy (non-hydrogen) atoms. The predicted octanol–water partition coefficient (Wildman–Crippen LogP) is 10.7. The zero-order chi connectivity index (χ0) is 32.0. The third-order valence-corrected chi connectivity index (χ3v) is 8.91. The molecule has 7 aromatic rings. The highest BCUT2D eigenvalue weighted by atomic mass is 16.5. The van der Waals surface area contributed by atoms with Gasteiger partial charge >= 0.3 is 0 Å². The minimum absolute atomic E-state index is 0.0181. The Hall–Kier alpha value is -5.81. The standard InChI is InChI=1S/C42H36N4O/c1-42(2,3)32-22-23-43-41(26-32)46-39-15-8-7-14-37(39)38-21-20-36(28-40(38)46)47-35-13-9-12-34(27-35)45-25-24-44(29-45)33-18-16-31(17-19-33)30-10-5-4-6-11-30/h4-28H,29H2,1-3H3. The van der Waals surface area contributed by atoms with E-state index in [4.69, 9.17) is 9.72 Å². The lowest BCUT2D eigenvalue weighted by atomic mass is 9.88. The Morgan fingerprint density at radius 1 is 0.574 bits per heavy atom. The van der Waals surface area contributed by atoms with E-state index in [0.29, 0.717) is 0 Å². The van der Waals surface area contributed by atoms with E-state index in [1.807, 2.05) is 24.4 Å². The molecule has 8 rings (SSSR count). The van der Waals surface area contributed by atoms with Crippen LogP contribution in [0.4, 0.5) is 11.4 Å². The molecule has 5 nitrogen and oxygen atoms in total. The van der Waals surface area contributed by atoms with Gasteiger partial charge in [0.05, 0.1) is 17.7 Å². The van der Waals surface area contributed by atoms with E-state index in [-0.39, 0.29) is 5.41 Å². The normalized spacial score (nSPS) is 13.2. The molecule has 0 bridgehead atoms. The van der Waals surface area contributed by atoms with Gasteiger partial charge in [-0.1, -0.05) is 87.5 Å². The largest absolute Gasteiger partial charge is 0.457 e. The van der Waals surface area contributed by atoms with Crippen LogP contribution in [0.5, 0.6) is 11.5 Å². The van der Waals surface area contributed by atoms with Crippen molar-refractivity contribution in [2.45, 2.75) is 26.2 Å². The summed E-state index contributed by atoms with van der Waals surface area (Å²) >= 11 is 0. The van der Waals surface area contributed by atoms with E-state index in [9.17, 15) is 0 Å². The first-order valence-corrected chi connectivity index (χ1v) is 16.1. The van der Waals surface area contributed by atoms with Gasteiger partial charge in [0.2, 0.25) is 0 Å². The maximum atomic E-state index is 6.52. The topological polar surface area (TPSA) is 33.5 Å². The summed E-state index contributed by atoms with van der Waals surface area (Å²) in [5, 5.41) is 2.36. The Bertz CT molecular complexity index is 2240. The molecule has 0 fully saturated rings. The van der Waals surface area contributed by atoms with Crippen molar-refractivity contribution in [3.05, 3.63) is 158 Å². The number of ether oxygens (including phenoxy) is 1. The van der Waals surface area contributed by atoms with Crippen LogP contribution in [0.3, 0.4) is 0 Å². The van der Waals surface area contributed by atoms with Crippen molar-refractivity contribution < 1.29 is 4.74 Å². The summed E-state index contributed by atoms with van der Waals surface area (Å²) in [5.74, 6) is 2.47. The second kappa shape index (κ2) is 11.5. The molecule has 0 saturated heterocycles. The average molecular weight is 613 g/mol. The number of fused-ring (bicyclic) bond motifs is 3. The molecule has 0 atom stereocenters. The molecule has 1 aliphatic heterocycles. The van der Waals surface area contributed by atoms with Gasteiger partial charge in [0.1, 0.15) is 17.3 Å². The number of anilines is 2. The minimum Gasteiger partial charge on any atom is -0.457 e. The molecule has 5 aromatic carbocycles. The van der Waals surface area contributed by atoms with E-state index in [2.05, 4.69) is 163 Å². The van der Waals surface area contributed by atoms with E-state index < -0.39 is 0 Å². The van der Waals surface area contributed by atoms with E-state index in [1.165, 1.54) is 27.5 Å². The molecule has 0 spiro atoms. The molecule has 230 valence electrons. The maximum Gasteiger partial charge on any atom is 0.137 e. The van der Waals surface area contributed by atoms with Crippen molar-refractivity contribution in [1.82, 2.24) is 9.55 Å². The fraction of sp³-hybridized carbons (Fsp3) is 0.119. The molecule has 1 aliphatic rings. The zero-order valence-corrected chi connectivity index (χ0v) is 26.8. The summed E-state index contributed by atoms with van der Waals surface area (Å²) in [7, 11) is 0. The van der Waals surface area contributed by atoms with Gasteiger partial charge in [0.15, 0.2) is 0 Å². The number of pyridine rings is 1. The molecule has 0 aliphatic carbocycles. The summed E-state index contributed by atoms with van der Waals surface area (Å²) in [6.45, 7) is 7.42. The molecule has 5 heteroatoms. The number of benzene rings is 5. The van der Waals surface area contributed by atoms with Crippen LogP contribution in [0.1, 0.15) is 26.3 Å². The number of rotatable bonds is 6. The average Bonchev–Trinajstić information content (AvgIpc) is 3.72. The lowest BCUT2D eigenvalue weighted by molar-refractivity contribution is 0.483. The number of para-hydroxylation sites is 1. The first kappa shape index (κ1) is 28.6. The highest BCUT2D eigenvalue weighted by molar-refractivity contribution is 6.09. The Kier molecular flexibility index (Phi) is 7.02. The van der Waals surface area contributed by atoms with E-state index in [1.54, 1.807) is 0 Å². The van der Waals surface area contributed by atoms with Gasteiger partial charge in [-0.05, 0) is 76.7 Å². The lowest BCUT2D eigenvalue weighted by Crippen LogP contribution is -2.24. The number of hydrogen-bond acceptors (Lipinski definition) is 4. The van der Waals surface area contributed by atoms with Gasteiger partial charge < -0.3 is 14.5 Å². The zero-order valence-electron chi connectivity index (χ0n) is 26.8. The van der Waals surface area contributed by atoms with Crippen molar-refractivity contribution in [2.75, 3.05) is 16.5 Å². The number of hydrogen-bond donors (Lipinski definition) is 0. The van der Waals surface area contributed by atoms with Gasteiger partial charge in [-0.15, -0.1) is 0 Å². The summed E-state index contributed by atoms with van der Waals surface area (Å²) in [6.07, 6.45) is 6.16. The van der Waals surface area contributed by atoms with Crippen molar-refractivity contribution in [3.8, 4) is 28.4 Å². The summed E-state index contributed by atoms with van der Waals surface area (Å²) in [4.78, 5) is 9.29. The second-order valence-corrected chi connectivity index (χ2v) is 13.1. The third kappa shape index (κ3) is 5.50. The molecule has 3 heterocycles. The summed E-state index contributed by atoms with van der Waals surface area (Å²) in [5.41, 5.74) is 8.12. The summed E-state index contributed by atoms with van der Waals surface area (Å²) < 4.78 is 8.77. The number of nitrogens with zero attached hydrogens (tertiary/aromatic N) is 4. The Balaban J connectivity index is 1.06. The Morgan fingerprint density at radius 2 is 1.28 bits per heavy atom. The van der Waals surface area contributed by atoms with Crippen LogP contribution >= 0.6 is 0 Å². The molecule has 0 saturated carbocycles. The van der Waals surface area contributed by atoms with Crippen LogP contribution < -0.4 is 14.5 Å². The van der Waals surface area contributed by atoms with Crippen LogP contribution in [-0.4, -0.2) is 16.2 Å². The SMILES string of the molecule is CC(C)(C)c1ccnc(-n2c3ccccc3c3ccc(Oc4cccc(N5C=CN(c6ccc(-c7ccccc7)cc6)C5)c4)cc32)c1.